The van der Waals surface area contributed by atoms with E-state index in [-0.39, 0.29) is 0 Å². The van der Waals surface area contributed by atoms with Gasteiger partial charge in [0.05, 0.1) is 0 Å². The van der Waals surface area contributed by atoms with Crippen LogP contribution in [0, 0.1) is 0 Å². The number of rotatable bonds is 15. The van der Waals surface area contributed by atoms with Gasteiger partial charge in [0.2, 0.25) is 0 Å². The van der Waals surface area contributed by atoms with Gasteiger partial charge >= 0.3 is 174 Å². The summed E-state index contributed by atoms with van der Waals surface area (Å²) in [6.07, 6.45) is 8.04. The van der Waals surface area contributed by atoms with E-state index in [4.69, 9.17) is 0 Å². The summed E-state index contributed by atoms with van der Waals surface area (Å²) in [6.45, 7) is 18.5. The third kappa shape index (κ3) is 8.19. The van der Waals surface area contributed by atoms with Gasteiger partial charge in [-0.05, 0) is 0 Å². The van der Waals surface area contributed by atoms with Gasteiger partial charge in [-0.2, -0.15) is 0 Å². The normalized spacial score (nSPS) is 14.1. The minimum absolute atomic E-state index is 0.596. The Kier molecular flexibility index (Phi) is 13.8. The summed E-state index contributed by atoms with van der Waals surface area (Å²) in [6, 6.07) is 0. The van der Waals surface area contributed by atoms with Gasteiger partial charge in [0, 0.05) is 0 Å². The fraction of sp³-hybridized carbons (Fsp3) is 0.913. The summed E-state index contributed by atoms with van der Waals surface area (Å²) in [5.41, 5.74) is -0.596. The van der Waals surface area contributed by atoms with E-state index in [2.05, 4.69) is 60.3 Å². The molecule has 0 aromatic carbocycles. The zero-order valence-corrected chi connectivity index (χ0v) is 24.5. The standard InChI is InChI=1S/C11H23GeO.3C4H9.Sn/c1-6-12(7-2,8-3)10-9-11(4,5)13;3*1-3-4-2;/h10,13H,6-8H2,1-5H3;3*1,3-4H2,2H3;. The second-order valence-electron chi connectivity index (χ2n) is 9.13. The molecule has 0 aromatic rings. The van der Waals surface area contributed by atoms with Crippen molar-refractivity contribution in [3.8, 4) is 0 Å². The Balaban J connectivity index is 6.37. The Hall–Kier alpha value is 1.04. The van der Waals surface area contributed by atoms with Crippen LogP contribution in [-0.4, -0.2) is 42.4 Å². The number of hydrogen-bond donors (Lipinski definition) is 1. The Morgan fingerprint density at radius 3 is 1.35 bits per heavy atom. The average Bonchev–Trinajstić information content (AvgIpc) is 2.62. The summed E-state index contributed by atoms with van der Waals surface area (Å²) < 4.78 is 6.05. The van der Waals surface area contributed by atoms with Crippen molar-refractivity contribution in [3.63, 3.8) is 0 Å². The molecule has 0 aliphatic rings. The van der Waals surface area contributed by atoms with Gasteiger partial charge in [-0.25, -0.2) is 0 Å². The number of unbranched alkanes of at least 4 members (excludes halogenated alkanes) is 3. The third-order valence-corrected chi connectivity index (χ3v) is 35.9. The van der Waals surface area contributed by atoms with Crippen molar-refractivity contribution in [1.82, 2.24) is 0 Å². The SMILES string of the molecule is CCC[CH2][Sn]([CH2]CCC)([CH2]CCC)/[C](=[CH]\[Ge]([CH2]C)([CH2]C)[CH2]C)C(C)(C)O. The molecule has 0 saturated carbocycles. The van der Waals surface area contributed by atoms with E-state index >= 15 is 0 Å². The second-order valence-corrected chi connectivity index (χ2v) is 33.0. The Morgan fingerprint density at radius 1 is 0.769 bits per heavy atom. The molecule has 0 saturated heterocycles. The number of aliphatic hydroxyl groups is 1. The van der Waals surface area contributed by atoms with E-state index < -0.39 is 37.2 Å². The zero-order valence-electron chi connectivity index (χ0n) is 19.5. The molecular weight excluding hydrogens is 484 g/mol. The van der Waals surface area contributed by atoms with Crippen molar-refractivity contribution in [2.45, 2.75) is 129 Å². The fourth-order valence-corrected chi connectivity index (χ4v) is 37.8. The molecule has 0 aromatic heterocycles. The topological polar surface area (TPSA) is 20.2 Å². The van der Waals surface area contributed by atoms with Gasteiger partial charge in [0.1, 0.15) is 0 Å². The van der Waals surface area contributed by atoms with Crippen molar-refractivity contribution in [2.24, 2.45) is 0 Å². The summed E-state index contributed by atoms with van der Waals surface area (Å²) >= 11 is -4.54. The van der Waals surface area contributed by atoms with Crippen molar-refractivity contribution in [1.29, 1.82) is 0 Å². The predicted molar refractivity (Wildman–Crippen MR) is 126 cm³/mol. The van der Waals surface area contributed by atoms with Crippen LogP contribution in [0.2, 0.25) is 29.1 Å². The quantitative estimate of drug-likeness (QED) is 0.211. The van der Waals surface area contributed by atoms with Crippen molar-refractivity contribution < 1.29 is 5.11 Å². The maximum atomic E-state index is 11.4. The molecule has 0 spiro atoms. The molecule has 0 unspecified atom stereocenters. The molecule has 1 N–H and O–H groups in total. The summed E-state index contributed by atoms with van der Waals surface area (Å²) in [5.74, 6) is 0. The van der Waals surface area contributed by atoms with Gasteiger partial charge in [-0.1, -0.05) is 0 Å². The van der Waals surface area contributed by atoms with Crippen molar-refractivity contribution in [3.05, 3.63) is 8.50 Å². The third-order valence-electron chi connectivity index (χ3n) is 6.82. The molecule has 0 aliphatic heterocycles. The molecule has 0 atom stereocenters. The van der Waals surface area contributed by atoms with Crippen LogP contribution in [0.3, 0.4) is 0 Å². The molecule has 0 bridgehead atoms. The average molecular weight is 534 g/mol. The van der Waals surface area contributed by atoms with E-state index in [0.717, 1.165) is 0 Å². The molecule has 3 heteroatoms. The molecular formula is C23H50GeOSn. The minimum atomic E-state index is -2.57. The van der Waals surface area contributed by atoms with E-state index in [9.17, 15) is 5.11 Å². The van der Waals surface area contributed by atoms with E-state index in [1.54, 1.807) is 3.59 Å². The van der Waals surface area contributed by atoms with Crippen LogP contribution in [0.4, 0.5) is 0 Å². The Morgan fingerprint density at radius 2 is 1.12 bits per heavy atom. The first-order chi connectivity index (χ1) is 12.2. The first-order valence-electron chi connectivity index (χ1n) is 11.7. The number of hydrogen-bond acceptors (Lipinski definition) is 1. The first kappa shape index (κ1) is 27.0. The van der Waals surface area contributed by atoms with Crippen LogP contribution in [0.25, 0.3) is 0 Å². The van der Waals surface area contributed by atoms with Gasteiger partial charge in [-0.3, -0.25) is 0 Å². The molecule has 0 heterocycles. The van der Waals surface area contributed by atoms with E-state index in [1.807, 2.05) is 0 Å². The fourth-order valence-electron chi connectivity index (χ4n) is 4.67. The molecule has 26 heavy (non-hydrogen) atoms. The summed E-state index contributed by atoms with van der Waals surface area (Å²) in [7, 11) is 0. The van der Waals surface area contributed by atoms with Crippen LogP contribution >= 0.6 is 0 Å². The Bertz CT molecular complexity index is 363. The van der Waals surface area contributed by atoms with Gasteiger partial charge in [-0.15, -0.1) is 0 Å². The van der Waals surface area contributed by atoms with Crippen molar-refractivity contribution >= 4 is 31.6 Å². The molecule has 1 nitrogen and oxygen atoms in total. The monoisotopic (exact) mass is 536 g/mol. The molecule has 0 radical (unpaired) electrons. The van der Waals surface area contributed by atoms with Crippen molar-refractivity contribution in [2.75, 3.05) is 0 Å². The van der Waals surface area contributed by atoms with E-state index in [1.165, 1.54) is 67.6 Å². The van der Waals surface area contributed by atoms with Crippen LogP contribution in [0.5, 0.6) is 0 Å². The maximum absolute atomic E-state index is 11.4. The van der Waals surface area contributed by atoms with Gasteiger partial charge < -0.3 is 0 Å². The summed E-state index contributed by atoms with van der Waals surface area (Å²) in [4.78, 5) is 2.83. The predicted octanol–water partition coefficient (Wildman–Crippen LogP) is 8.12. The summed E-state index contributed by atoms with van der Waals surface area (Å²) in [5, 5.41) is 15.5. The molecule has 156 valence electrons. The molecule has 0 rings (SSSR count). The second kappa shape index (κ2) is 13.3. The van der Waals surface area contributed by atoms with Crippen LogP contribution < -0.4 is 0 Å². The van der Waals surface area contributed by atoms with Gasteiger partial charge in [0.15, 0.2) is 0 Å². The first-order valence-corrected chi connectivity index (χ1v) is 24.8. The van der Waals surface area contributed by atoms with Crippen LogP contribution in [-0.2, 0) is 0 Å². The Labute approximate surface area is 173 Å². The van der Waals surface area contributed by atoms with E-state index in [0.29, 0.717) is 0 Å². The molecule has 0 amide bonds. The van der Waals surface area contributed by atoms with Gasteiger partial charge in [0.25, 0.3) is 0 Å². The van der Waals surface area contributed by atoms with Crippen LogP contribution in [0.15, 0.2) is 8.50 Å². The zero-order chi connectivity index (χ0) is 20.3. The van der Waals surface area contributed by atoms with Crippen LogP contribution in [0.1, 0.15) is 93.9 Å². The molecule has 0 fully saturated rings. The molecule has 0 aliphatic carbocycles.